The predicted octanol–water partition coefficient (Wildman–Crippen LogP) is 3.80. The van der Waals surface area contributed by atoms with Crippen LogP contribution in [0.2, 0.25) is 0 Å². The summed E-state index contributed by atoms with van der Waals surface area (Å²) in [5.41, 5.74) is 3.99. The van der Waals surface area contributed by atoms with Crippen molar-refractivity contribution in [2.45, 2.75) is 6.92 Å². The standard InChI is InChI=1S/C25H32N8O2/c1-7-23(34)29-19-14-20(22(35-6)15-21(19)33(5)12-11-32(3)4)30-25-27-16-26-24(31-25)28-18-10-8-9-17(2)13-18/h7-10,13-16H,1,11-12H2,2-6H3,(H,29,34)(H2,26,27,28,30,31). The van der Waals surface area contributed by atoms with Gasteiger partial charge in [-0.05, 0) is 50.9 Å². The Hall–Kier alpha value is -4.18. The van der Waals surface area contributed by atoms with Gasteiger partial charge in [0, 0.05) is 31.9 Å². The SMILES string of the molecule is C=CC(=O)Nc1cc(Nc2ncnc(Nc3cccc(C)c3)n2)c(OC)cc1N(C)CCN(C)C. The summed E-state index contributed by atoms with van der Waals surface area (Å²) in [6.45, 7) is 7.17. The molecule has 1 heterocycles. The quantitative estimate of drug-likeness (QED) is 0.356. The third-order valence-electron chi connectivity index (χ3n) is 5.15. The zero-order chi connectivity index (χ0) is 25.4. The van der Waals surface area contributed by atoms with Crippen LogP contribution in [0, 0.1) is 6.92 Å². The molecular formula is C25H32N8O2. The number of carbonyl (C=O) groups is 1. The predicted molar refractivity (Wildman–Crippen MR) is 141 cm³/mol. The van der Waals surface area contributed by atoms with Gasteiger partial charge in [0.15, 0.2) is 0 Å². The zero-order valence-corrected chi connectivity index (χ0v) is 20.8. The molecule has 0 aliphatic heterocycles. The molecule has 0 atom stereocenters. The van der Waals surface area contributed by atoms with E-state index in [0.717, 1.165) is 30.0 Å². The summed E-state index contributed by atoms with van der Waals surface area (Å²) in [6, 6.07) is 11.6. The molecule has 0 fully saturated rings. The molecule has 10 nitrogen and oxygen atoms in total. The van der Waals surface area contributed by atoms with E-state index in [-0.39, 0.29) is 5.91 Å². The molecular weight excluding hydrogens is 444 g/mol. The smallest absolute Gasteiger partial charge is 0.247 e. The summed E-state index contributed by atoms with van der Waals surface area (Å²) in [5.74, 6) is 0.977. The Kier molecular flexibility index (Phi) is 8.58. The summed E-state index contributed by atoms with van der Waals surface area (Å²) in [4.78, 5) is 29.2. The van der Waals surface area contributed by atoms with Crippen LogP contribution in [-0.4, -0.2) is 67.1 Å². The second kappa shape index (κ2) is 11.8. The number of ether oxygens (including phenoxy) is 1. The second-order valence-corrected chi connectivity index (χ2v) is 8.24. The first-order valence-corrected chi connectivity index (χ1v) is 11.1. The summed E-state index contributed by atoms with van der Waals surface area (Å²) in [5, 5.41) is 9.24. The highest BCUT2D eigenvalue weighted by Crippen LogP contribution is 2.37. The van der Waals surface area contributed by atoms with E-state index in [1.165, 1.54) is 12.4 Å². The van der Waals surface area contributed by atoms with Gasteiger partial charge >= 0.3 is 0 Å². The van der Waals surface area contributed by atoms with Gasteiger partial charge in [0.1, 0.15) is 12.1 Å². The highest BCUT2D eigenvalue weighted by Gasteiger charge is 2.16. The number of benzene rings is 2. The van der Waals surface area contributed by atoms with Crippen molar-refractivity contribution < 1.29 is 9.53 Å². The molecule has 3 rings (SSSR count). The van der Waals surface area contributed by atoms with Crippen molar-refractivity contribution in [2.24, 2.45) is 0 Å². The van der Waals surface area contributed by atoms with E-state index in [1.807, 2.05) is 58.4 Å². The van der Waals surface area contributed by atoms with E-state index in [2.05, 4.69) is 47.3 Å². The Morgan fingerprint density at radius 2 is 1.80 bits per heavy atom. The van der Waals surface area contributed by atoms with Crippen molar-refractivity contribution in [1.29, 1.82) is 0 Å². The summed E-state index contributed by atoms with van der Waals surface area (Å²) in [6.07, 6.45) is 2.65. The molecule has 0 spiro atoms. The topological polar surface area (TPSA) is 108 Å². The number of hydrogen-bond donors (Lipinski definition) is 3. The van der Waals surface area contributed by atoms with Crippen LogP contribution in [0.25, 0.3) is 0 Å². The van der Waals surface area contributed by atoms with Crippen LogP contribution in [0.5, 0.6) is 5.75 Å². The van der Waals surface area contributed by atoms with Gasteiger partial charge in [-0.3, -0.25) is 4.79 Å². The van der Waals surface area contributed by atoms with Crippen LogP contribution in [0.15, 0.2) is 55.4 Å². The Morgan fingerprint density at radius 1 is 1.06 bits per heavy atom. The Labute approximate surface area is 206 Å². The lowest BCUT2D eigenvalue weighted by atomic mass is 10.2. The number of rotatable bonds is 11. The van der Waals surface area contributed by atoms with Crippen molar-refractivity contribution >= 4 is 40.6 Å². The molecule has 1 amide bonds. The van der Waals surface area contributed by atoms with E-state index < -0.39 is 0 Å². The number of carbonyl (C=O) groups excluding carboxylic acids is 1. The molecule has 2 aromatic carbocycles. The lowest BCUT2D eigenvalue weighted by Crippen LogP contribution is -2.29. The largest absolute Gasteiger partial charge is 0.494 e. The molecule has 184 valence electrons. The number of aryl methyl sites for hydroxylation is 1. The lowest BCUT2D eigenvalue weighted by molar-refractivity contribution is -0.111. The monoisotopic (exact) mass is 476 g/mol. The van der Waals surface area contributed by atoms with Gasteiger partial charge in [0.05, 0.1) is 24.2 Å². The van der Waals surface area contributed by atoms with E-state index in [9.17, 15) is 4.79 Å². The highest BCUT2D eigenvalue weighted by atomic mass is 16.5. The van der Waals surface area contributed by atoms with Crippen molar-refractivity contribution in [1.82, 2.24) is 19.9 Å². The molecule has 35 heavy (non-hydrogen) atoms. The Morgan fingerprint density at radius 3 is 2.46 bits per heavy atom. The Bertz CT molecular complexity index is 1180. The molecule has 0 aliphatic rings. The number of methoxy groups -OCH3 is 1. The number of hydrogen-bond acceptors (Lipinski definition) is 9. The minimum absolute atomic E-state index is 0.312. The van der Waals surface area contributed by atoms with Crippen LogP contribution in [-0.2, 0) is 4.79 Å². The molecule has 10 heteroatoms. The zero-order valence-electron chi connectivity index (χ0n) is 20.8. The molecule has 0 aliphatic carbocycles. The third kappa shape index (κ3) is 7.15. The summed E-state index contributed by atoms with van der Waals surface area (Å²) >= 11 is 0. The van der Waals surface area contributed by atoms with E-state index >= 15 is 0 Å². The maximum atomic E-state index is 12.1. The van der Waals surface area contributed by atoms with Crippen molar-refractivity contribution in [3.05, 3.63) is 60.9 Å². The Balaban J connectivity index is 1.91. The molecule has 0 saturated heterocycles. The molecule has 1 aromatic heterocycles. The van der Waals surface area contributed by atoms with E-state index in [1.54, 1.807) is 13.2 Å². The van der Waals surface area contributed by atoms with Gasteiger partial charge in [-0.25, -0.2) is 9.97 Å². The number of amides is 1. The highest BCUT2D eigenvalue weighted by molar-refractivity contribution is 6.02. The molecule has 0 unspecified atom stereocenters. The maximum Gasteiger partial charge on any atom is 0.247 e. The van der Waals surface area contributed by atoms with Crippen molar-refractivity contribution in [3.8, 4) is 5.75 Å². The van der Waals surface area contributed by atoms with Crippen molar-refractivity contribution in [3.63, 3.8) is 0 Å². The fraction of sp³-hybridized carbons (Fsp3) is 0.280. The minimum atomic E-state index is -0.312. The molecule has 3 N–H and O–H groups in total. The van der Waals surface area contributed by atoms with Gasteiger partial charge in [-0.2, -0.15) is 4.98 Å². The first-order chi connectivity index (χ1) is 16.8. The van der Waals surface area contributed by atoms with Crippen LogP contribution >= 0.6 is 0 Å². The average Bonchev–Trinajstić information content (AvgIpc) is 2.83. The summed E-state index contributed by atoms with van der Waals surface area (Å²) < 4.78 is 5.64. The van der Waals surface area contributed by atoms with Crippen molar-refractivity contribution in [2.75, 3.05) is 62.2 Å². The van der Waals surface area contributed by atoms with Crippen LogP contribution in [0.1, 0.15) is 5.56 Å². The molecule has 0 radical (unpaired) electrons. The van der Waals surface area contributed by atoms with Crippen LogP contribution in [0.3, 0.4) is 0 Å². The van der Waals surface area contributed by atoms with Gasteiger partial charge in [0.25, 0.3) is 0 Å². The van der Waals surface area contributed by atoms with Crippen LogP contribution in [0.4, 0.5) is 34.6 Å². The second-order valence-electron chi connectivity index (χ2n) is 8.24. The first kappa shape index (κ1) is 25.4. The fourth-order valence-electron chi connectivity index (χ4n) is 3.29. The van der Waals surface area contributed by atoms with E-state index in [4.69, 9.17) is 4.74 Å². The molecule has 0 saturated carbocycles. The van der Waals surface area contributed by atoms with Gasteiger partial charge in [0.2, 0.25) is 17.8 Å². The fourth-order valence-corrected chi connectivity index (χ4v) is 3.29. The number of anilines is 6. The lowest BCUT2D eigenvalue weighted by Gasteiger charge is -2.25. The average molecular weight is 477 g/mol. The number of likely N-dealkylation sites (N-methyl/N-ethyl adjacent to an activating group) is 2. The maximum absolute atomic E-state index is 12.1. The van der Waals surface area contributed by atoms with Gasteiger partial charge < -0.3 is 30.5 Å². The third-order valence-corrected chi connectivity index (χ3v) is 5.15. The number of nitrogens with zero attached hydrogens (tertiary/aromatic N) is 5. The van der Waals surface area contributed by atoms with Gasteiger partial charge in [-0.15, -0.1) is 0 Å². The minimum Gasteiger partial charge on any atom is -0.494 e. The number of aromatic nitrogens is 3. The molecule has 3 aromatic rings. The normalized spacial score (nSPS) is 10.6. The first-order valence-electron chi connectivity index (χ1n) is 11.1. The number of nitrogens with one attached hydrogen (secondary N) is 3. The molecule has 0 bridgehead atoms. The summed E-state index contributed by atoms with van der Waals surface area (Å²) in [7, 11) is 7.58. The van der Waals surface area contributed by atoms with E-state index in [0.29, 0.717) is 29.0 Å². The van der Waals surface area contributed by atoms with Crippen LogP contribution < -0.4 is 25.6 Å². The van der Waals surface area contributed by atoms with Gasteiger partial charge in [-0.1, -0.05) is 18.7 Å².